The molecule has 7 heteroatoms. The SMILES string of the molecule is COc1ccc(S(=O)(=O)N2CCC(C(=O)N(C)C3CCc4ccccc43)CC2)cc1. The topological polar surface area (TPSA) is 66.9 Å². The van der Waals surface area contributed by atoms with Gasteiger partial charge in [-0.1, -0.05) is 24.3 Å². The molecular weight excluding hydrogens is 400 g/mol. The lowest BCUT2D eigenvalue weighted by Crippen LogP contribution is -2.44. The molecule has 1 unspecified atom stereocenters. The standard InChI is InChI=1S/C23H28N2O4S/c1-24(22-12-7-17-5-3-4-6-21(17)22)23(26)18-13-15-25(16-14-18)30(27,28)20-10-8-19(29-2)9-11-20/h3-6,8-11,18,22H,7,12-16H2,1-2H3. The smallest absolute Gasteiger partial charge is 0.243 e. The van der Waals surface area contributed by atoms with Gasteiger partial charge in [0.05, 0.1) is 18.0 Å². The fourth-order valence-corrected chi connectivity index (χ4v) is 6.09. The zero-order valence-corrected chi connectivity index (χ0v) is 18.3. The van der Waals surface area contributed by atoms with Crippen LogP contribution in [-0.4, -0.2) is 50.8 Å². The van der Waals surface area contributed by atoms with Crippen LogP contribution in [0, 0.1) is 5.92 Å². The van der Waals surface area contributed by atoms with E-state index in [0.717, 1.165) is 12.8 Å². The van der Waals surface area contributed by atoms with E-state index in [2.05, 4.69) is 12.1 Å². The second-order valence-electron chi connectivity index (χ2n) is 8.06. The second kappa shape index (κ2) is 8.40. The van der Waals surface area contributed by atoms with Crippen LogP contribution in [0.15, 0.2) is 53.4 Å². The average Bonchev–Trinajstić information content (AvgIpc) is 3.22. The number of methoxy groups -OCH3 is 1. The molecule has 0 spiro atoms. The summed E-state index contributed by atoms with van der Waals surface area (Å²) in [5.41, 5.74) is 2.57. The molecule has 1 fully saturated rings. The Hall–Kier alpha value is -2.38. The van der Waals surface area contributed by atoms with Crippen LogP contribution in [0.4, 0.5) is 0 Å². The maximum atomic E-state index is 13.1. The van der Waals surface area contributed by atoms with Crippen molar-refractivity contribution in [1.29, 1.82) is 0 Å². The predicted octanol–water partition coefficient (Wildman–Crippen LogP) is 3.24. The van der Waals surface area contributed by atoms with Gasteiger partial charge in [-0.3, -0.25) is 4.79 Å². The highest BCUT2D eigenvalue weighted by Crippen LogP contribution is 2.36. The average molecular weight is 429 g/mol. The number of nitrogens with zero attached hydrogens (tertiary/aromatic N) is 2. The van der Waals surface area contributed by atoms with E-state index in [1.54, 1.807) is 31.4 Å². The summed E-state index contributed by atoms with van der Waals surface area (Å²) in [5, 5.41) is 0. The van der Waals surface area contributed by atoms with E-state index in [9.17, 15) is 13.2 Å². The number of piperidine rings is 1. The van der Waals surface area contributed by atoms with E-state index in [4.69, 9.17) is 4.74 Å². The number of carbonyl (C=O) groups excluding carboxylic acids is 1. The minimum atomic E-state index is -3.56. The maximum absolute atomic E-state index is 13.1. The molecule has 1 heterocycles. The van der Waals surface area contributed by atoms with Gasteiger partial charge in [-0.05, 0) is 61.1 Å². The molecule has 0 N–H and O–H groups in total. The summed E-state index contributed by atoms with van der Waals surface area (Å²) in [6.07, 6.45) is 3.04. The molecule has 1 atom stereocenters. The van der Waals surface area contributed by atoms with E-state index in [1.807, 2.05) is 24.1 Å². The van der Waals surface area contributed by atoms with Gasteiger partial charge >= 0.3 is 0 Å². The molecular formula is C23H28N2O4S. The van der Waals surface area contributed by atoms with Crippen LogP contribution in [0.3, 0.4) is 0 Å². The van der Waals surface area contributed by atoms with Crippen LogP contribution < -0.4 is 4.74 Å². The normalized spacial score (nSPS) is 20.0. The van der Waals surface area contributed by atoms with Crippen molar-refractivity contribution in [3.63, 3.8) is 0 Å². The molecule has 1 aliphatic heterocycles. The van der Waals surface area contributed by atoms with E-state index in [1.165, 1.54) is 15.4 Å². The third-order valence-electron chi connectivity index (χ3n) is 6.42. The van der Waals surface area contributed by atoms with Crippen molar-refractivity contribution in [3.8, 4) is 5.75 Å². The fraction of sp³-hybridized carbons (Fsp3) is 0.435. The number of aryl methyl sites for hydroxylation is 1. The van der Waals surface area contributed by atoms with Crippen LogP contribution in [0.2, 0.25) is 0 Å². The first-order valence-electron chi connectivity index (χ1n) is 10.4. The number of hydrogen-bond donors (Lipinski definition) is 0. The van der Waals surface area contributed by atoms with Crippen molar-refractivity contribution >= 4 is 15.9 Å². The van der Waals surface area contributed by atoms with Gasteiger partial charge in [0.1, 0.15) is 5.75 Å². The van der Waals surface area contributed by atoms with E-state index >= 15 is 0 Å². The van der Waals surface area contributed by atoms with Gasteiger partial charge in [0.15, 0.2) is 0 Å². The van der Waals surface area contributed by atoms with Gasteiger partial charge in [0.2, 0.25) is 15.9 Å². The Balaban J connectivity index is 1.40. The number of carbonyl (C=O) groups is 1. The summed E-state index contributed by atoms with van der Waals surface area (Å²) in [4.78, 5) is 15.3. The van der Waals surface area contributed by atoms with Crippen LogP contribution in [-0.2, 0) is 21.2 Å². The minimum Gasteiger partial charge on any atom is -0.497 e. The van der Waals surface area contributed by atoms with Gasteiger partial charge in [-0.2, -0.15) is 4.31 Å². The first-order valence-corrected chi connectivity index (χ1v) is 11.8. The van der Waals surface area contributed by atoms with Crippen molar-refractivity contribution in [2.24, 2.45) is 5.92 Å². The molecule has 4 rings (SSSR count). The van der Waals surface area contributed by atoms with E-state index in [-0.39, 0.29) is 22.8 Å². The largest absolute Gasteiger partial charge is 0.497 e. The summed E-state index contributed by atoms with van der Waals surface area (Å²) in [6, 6.07) is 14.9. The lowest BCUT2D eigenvalue weighted by molar-refractivity contribution is -0.137. The molecule has 1 aliphatic carbocycles. The summed E-state index contributed by atoms with van der Waals surface area (Å²) in [5.74, 6) is 0.609. The van der Waals surface area contributed by atoms with E-state index < -0.39 is 10.0 Å². The second-order valence-corrected chi connectivity index (χ2v) is 9.99. The molecule has 160 valence electrons. The zero-order chi connectivity index (χ0) is 21.3. The number of fused-ring (bicyclic) bond motifs is 1. The minimum absolute atomic E-state index is 0.120. The maximum Gasteiger partial charge on any atom is 0.243 e. The van der Waals surface area contributed by atoms with E-state index in [0.29, 0.717) is 31.7 Å². The Morgan fingerprint density at radius 1 is 1.03 bits per heavy atom. The molecule has 2 aliphatic rings. The Morgan fingerprint density at radius 3 is 2.37 bits per heavy atom. The van der Waals surface area contributed by atoms with Crippen molar-refractivity contribution in [2.75, 3.05) is 27.2 Å². The Kier molecular flexibility index (Phi) is 5.84. The van der Waals surface area contributed by atoms with Crippen LogP contribution in [0.25, 0.3) is 0 Å². The highest BCUT2D eigenvalue weighted by Gasteiger charge is 2.36. The summed E-state index contributed by atoms with van der Waals surface area (Å²) in [7, 11) is -0.127. The van der Waals surface area contributed by atoms with Crippen LogP contribution >= 0.6 is 0 Å². The van der Waals surface area contributed by atoms with Crippen molar-refractivity contribution < 1.29 is 17.9 Å². The molecule has 6 nitrogen and oxygen atoms in total. The first-order chi connectivity index (χ1) is 14.4. The Bertz CT molecular complexity index is 1010. The number of amides is 1. The molecule has 0 bridgehead atoms. The molecule has 2 aromatic rings. The molecule has 1 amide bonds. The highest BCUT2D eigenvalue weighted by atomic mass is 32.2. The van der Waals surface area contributed by atoms with Crippen LogP contribution in [0.5, 0.6) is 5.75 Å². The zero-order valence-electron chi connectivity index (χ0n) is 17.5. The third kappa shape index (κ3) is 3.84. The van der Waals surface area contributed by atoms with Gasteiger partial charge < -0.3 is 9.64 Å². The number of rotatable bonds is 5. The third-order valence-corrected chi connectivity index (χ3v) is 8.33. The first kappa shape index (κ1) is 20.9. The predicted molar refractivity (Wildman–Crippen MR) is 115 cm³/mol. The lowest BCUT2D eigenvalue weighted by Gasteiger charge is -2.34. The lowest BCUT2D eigenvalue weighted by atomic mass is 9.95. The van der Waals surface area contributed by atoms with Crippen molar-refractivity contribution in [3.05, 3.63) is 59.7 Å². The molecule has 0 saturated carbocycles. The number of benzene rings is 2. The van der Waals surface area contributed by atoms with Crippen LogP contribution in [0.1, 0.15) is 36.4 Å². The molecule has 30 heavy (non-hydrogen) atoms. The molecule has 1 saturated heterocycles. The Morgan fingerprint density at radius 2 is 1.70 bits per heavy atom. The van der Waals surface area contributed by atoms with Gasteiger partial charge in [0, 0.05) is 26.1 Å². The molecule has 2 aromatic carbocycles. The number of hydrogen-bond acceptors (Lipinski definition) is 4. The summed E-state index contributed by atoms with van der Waals surface area (Å²) in [6.45, 7) is 0.722. The number of sulfonamides is 1. The summed E-state index contributed by atoms with van der Waals surface area (Å²) < 4.78 is 32.5. The monoisotopic (exact) mass is 428 g/mol. The highest BCUT2D eigenvalue weighted by molar-refractivity contribution is 7.89. The molecule has 0 aromatic heterocycles. The number of ether oxygens (including phenoxy) is 1. The molecule has 0 radical (unpaired) electrons. The van der Waals surface area contributed by atoms with Gasteiger partial charge in [-0.15, -0.1) is 0 Å². The van der Waals surface area contributed by atoms with Crippen molar-refractivity contribution in [1.82, 2.24) is 9.21 Å². The van der Waals surface area contributed by atoms with Gasteiger partial charge in [-0.25, -0.2) is 8.42 Å². The quantitative estimate of drug-likeness (QED) is 0.733. The Labute approximate surface area is 178 Å². The van der Waals surface area contributed by atoms with Gasteiger partial charge in [0.25, 0.3) is 0 Å². The fourth-order valence-electron chi connectivity index (χ4n) is 4.62. The summed E-state index contributed by atoms with van der Waals surface area (Å²) >= 11 is 0. The van der Waals surface area contributed by atoms with Crippen molar-refractivity contribution in [2.45, 2.75) is 36.6 Å².